The van der Waals surface area contributed by atoms with Gasteiger partial charge in [0, 0.05) is 12.0 Å². The fraction of sp³-hybridized carbons (Fsp3) is 0.556. The van der Waals surface area contributed by atoms with Gasteiger partial charge in [0.1, 0.15) is 0 Å². The Labute approximate surface area is 144 Å². The number of amides is 1. The maximum Gasteiger partial charge on any atom is 0.416 e. The molecule has 1 saturated carbocycles. The number of aliphatic carboxylic acids is 1. The third-order valence-electron chi connectivity index (χ3n) is 4.76. The van der Waals surface area contributed by atoms with Gasteiger partial charge in [0.25, 0.3) is 0 Å². The van der Waals surface area contributed by atoms with Crippen molar-refractivity contribution in [2.75, 3.05) is 0 Å². The summed E-state index contributed by atoms with van der Waals surface area (Å²) in [5.74, 6) is -1.77. The lowest BCUT2D eigenvalue weighted by molar-refractivity contribution is -0.141. The van der Waals surface area contributed by atoms with Crippen LogP contribution in [-0.2, 0) is 22.2 Å². The van der Waals surface area contributed by atoms with Crippen LogP contribution in [0.25, 0.3) is 0 Å². The Bertz CT molecular complexity index is 613. The number of carboxylic acids is 1. The van der Waals surface area contributed by atoms with Gasteiger partial charge < -0.3 is 10.4 Å². The highest BCUT2D eigenvalue weighted by Gasteiger charge is 2.32. The average molecular weight is 357 g/mol. The number of benzene rings is 1. The number of hydrogen-bond donors (Lipinski definition) is 2. The second kappa shape index (κ2) is 7.89. The maximum atomic E-state index is 12.6. The van der Waals surface area contributed by atoms with Crippen LogP contribution in [0, 0.1) is 11.8 Å². The third kappa shape index (κ3) is 5.21. The van der Waals surface area contributed by atoms with Crippen LogP contribution in [0.5, 0.6) is 0 Å². The zero-order chi connectivity index (χ0) is 18.6. The molecule has 25 heavy (non-hydrogen) atoms. The molecule has 1 aromatic rings. The van der Waals surface area contributed by atoms with Gasteiger partial charge in [-0.1, -0.05) is 19.1 Å². The molecule has 138 valence electrons. The Morgan fingerprint density at radius 3 is 2.36 bits per heavy atom. The minimum atomic E-state index is -4.37. The molecule has 0 saturated heterocycles. The molecule has 2 rings (SSSR count). The molecular formula is C18H22F3NO3. The first-order valence-electron chi connectivity index (χ1n) is 8.40. The van der Waals surface area contributed by atoms with Gasteiger partial charge in [0.05, 0.1) is 11.5 Å². The van der Waals surface area contributed by atoms with Crippen LogP contribution in [0.1, 0.15) is 43.7 Å². The third-order valence-corrected chi connectivity index (χ3v) is 4.76. The molecule has 0 radical (unpaired) electrons. The lowest BCUT2D eigenvalue weighted by atomic mass is 9.95. The van der Waals surface area contributed by atoms with Crippen LogP contribution < -0.4 is 5.32 Å². The number of carbonyl (C=O) groups is 2. The van der Waals surface area contributed by atoms with E-state index in [2.05, 4.69) is 5.32 Å². The molecule has 1 unspecified atom stereocenters. The van der Waals surface area contributed by atoms with E-state index in [0.29, 0.717) is 37.7 Å². The molecule has 1 aromatic carbocycles. The van der Waals surface area contributed by atoms with Crippen molar-refractivity contribution in [3.63, 3.8) is 0 Å². The van der Waals surface area contributed by atoms with Crippen molar-refractivity contribution in [2.45, 2.75) is 51.2 Å². The van der Waals surface area contributed by atoms with Crippen molar-refractivity contribution in [2.24, 2.45) is 11.8 Å². The summed E-state index contributed by atoms with van der Waals surface area (Å²) in [6.07, 6.45) is -1.84. The standard InChI is InChI=1S/C18H22F3NO3/c1-2-12(9-11-3-6-14(7-4-11)18(19,20)21)16(23)22-15-8-5-13(10-15)17(24)25/h3-4,6-7,12-13,15H,2,5,8-10H2,1H3,(H,22,23)(H,24,25)/t12?,13-,15+/m1/s1. The molecule has 2 N–H and O–H groups in total. The fourth-order valence-electron chi connectivity index (χ4n) is 3.19. The van der Waals surface area contributed by atoms with E-state index in [1.807, 2.05) is 6.92 Å². The van der Waals surface area contributed by atoms with Crippen molar-refractivity contribution in [3.05, 3.63) is 35.4 Å². The molecule has 7 heteroatoms. The Morgan fingerprint density at radius 2 is 1.88 bits per heavy atom. The van der Waals surface area contributed by atoms with Crippen molar-refractivity contribution >= 4 is 11.9 Å². The average Bonchev–Trinajstić information content (AvgIpc) is 3.00. The smallest absolute Gasteiger partial charge is 0.416 e. The number of rotatable bonds is 6. The van der Waals surface area contributed by atoms with Crippen LogP contribution in [0.4, 0.5) is 13.2 Å². The Morgan fingerprint density at radius 1 is 1.24 bits per heavy atom. The number of carbonyl (C=O) groups excluding carboxylic acids is 1. The lowest BCUT2D eigenvalue weighted by Crippen LogP contribution is -2.38. The molecule has 4 nitrogen and oxygen atoms in total. The number of carboxylic acid groups (broad SMARTS) is 1. The van der Waals surface area contributed by atoms with Gasteiger partial charge in [0.2, 0.25) is 5.91 Å². The summed E-state index contributed by atoms with van der Waals surface area (Å²) in [6.45, 7) is 1.85. The predicted molar refractivity (Wildman–Crippen MR) is 85.8 cm³/mol. The molecule has 1 aliphatic rings. The van der Waals surface area contributed by atoms with E-state index >= 15 is 0 Å². The van der Waals surface area contributed by atoms with Crippen molar-refractivity contribution in [3.8, 4) is 0 Å². The monoisotopic (exact) mass is 357 g/mol. The van der Waals surface area contributed by atoms with E-state index in [4.69, 9.17) is 5.11 Å². The van der Waals surface area contributed by atoms with Crippen molar-refractivity contribution in [1.29, 1.82) is 0 Å². The number of alkyl halides is 3. The topological polar surface area (TPSA) is 66.4 Å². The fourth-order valence-corrected chi connectivity index (χ4v) is 3.19. The van der Waals surface area contributed by atoms with Gasteiger partial charge in [0.15, 0.2) is 0 Å². The predicted octanol–water partition coefficient (Wildman–Crippen LogP) is 3.64. The summed E-state index contributed by atoms with van der Waals surface area (Å²) in [4.78, 5) is 23.4. The van der Waals surface area contributed by atoms with E-state index in [0.717, 1.165) is 12.1 Å². The molecule has 0 aliphatic heterocycles. The Hall–Kier alpha value is -2.05. The van der Waals surface area contributed by atoms with Gasteiger partial charge in [-0.25, -0.2) is 0 Å². The van der Waals surface area contributed by atoms with Gasteiger partial charge in [-0.3, -0.25) is 9.59 Å². The molecule has 0 heterocycles. The van der Waals surface area contributed by atoms with E-state index in [-0.39, 0.29) is 17.9 Å². The summed E-state index contributed by atoms with van der Waals surface area (Å²) >= 11 is 0. The van der Waals surface area contributed by atoms with Gasteiger partial charge in [-0.05, 0) is 49.8 Å². The molecule has 1 amide bonds. The first-order valence-corrected chi connectivity index (χ1v) is 8.40. The summed E-state index contributed by atoms with van der Waals surface area (Å²) in [7, 11) is 0. The van der Waals surface area contributed by atoms with Crippen LogP contribution in [-0.4, -0.2) is 23.0 Å². The lowest BCUT2D eigenvalue weighted by Gasteiger charge is -2.19. The number of halogens is 3. The zero-order valence-electron chi connectivity index (χ0n) is 14.0. The van der Waals surface area contributed by atoms with Gasteiger partial charge in [-0.2, -0.15) is 13.2 Å². The number of nitrogens with one attached hydrogen (secondary N) is 1. The minimum Gasteiger partial charge on any atom is -0.481 e. The highest BCUT2D eigenvalue weighted by molar-refractivity contribution is 5.79. The molecule has 3 atom stereocenters. The van der Waals surface area contributed by atoms with Crippen molar-refractivity contribution in [1.82, 2.24) is 5.32 Å². The summed E-state index contributed by atoms with van der Waals surface area (Å²) < 4.78 is 37.8. The summed E-state index contributed by atoms with van der Waals surface area (Å²) in [5, 5.41) is 11.9. The Balaban J connectivity index is 1.93. The highest BCUT2D eigenvalue weighted by Crippen LogP contribution is 2.30. The van der Waals surface area contributed by atoms with Crippen LogP contribution in [0.2, 0.25) is 0 Å². The maximum absolute atomic E-state index is 12.6. The first kappa shape index (κ1) is 19.3. The zero-order valence-corrected chi connectivity index (χ0v) is 14.0. The van der Waals surface area contributed by atoms with Crippen LogP contribution in [0.15, 0.2) is 24.3 Å². The second-order valence-corrected chi connectivity index (χ2v) is 6.56. The SMILES string of the molecule is CCC(Cc1ccc(C(F)(F)F)cc1)C(=O)N[C@H]1CC[C@@H](C(=O)O)C1. The summed E-state index contributed by atoms with van der Waals surface area (Å²) in [6, 6.07) is 4.70. The molecule has 0 aromatic heterocycles. The largest absolute Gasteiger partial charge is 0.481 e. The van der Waals surface area contributed by atoms with Crippen LogP contribution in [0.3, 0.4) is 0 Å². The molecular weight excluding hydrogens is 335 g/mol. The van der Waals surface area contributed by atoms with E-state index in [1.165, 1.54) is 12.1 Å². The quantitative estimate of drug-likeness (QED) is 0.817. The molecule has 1 fully saturated rings. The van der Waals surface area contributed by atoms with Crippen LogP contribution >= 0.6 is 0 Å². The molecule has 1 aliphatic carbocycles. The van der Waals surface area contributed by atoms with E-state index in [1.54, 1.807) is 0 Å². The van der Waals surface area contributed by atoms with Gasteiger partial charge >= 0.3 is 12.1 Å². The first-order chi connectivity index (χ1) is 11.7. The van der Waals surface area contributed by atoms with Gasteiger partial charge in [-0.15, -0.1) is 0 Å². The Kier molecular flexibility index (Phi) is 6.08. The van der Waals surface area contributed by atoms with E-state index in [9.17, 15) is 22.8 Å². The highest BCUT2D eigenvalue weighted by atomic mass is 19.4. The summed E-state index contributed by atoms with van der Waals surface area (Å²) in [5.41, 5.74) is -0.0377. The van der Waals surface area contributed by atoms with E-state index < -0.39 is 23.6 Å². The molecule has 0 spiro atoms. The second-order valence-electron chi connectivity index (χ2n) is 6.56. The normalized spacial score (nSPS) is 21.8. The molecule has 0 bridgehead atoms. The number of hydrogen-bond acceptors (Lipinski definition) is 2. The minimum absolute atomic E-state index is 0.143. The van der Waals surface area contributed by atoms with Crippen molar-refractivity contribution < 1.29 is 27.9 Å².